The summed E-state index contributed by atoms with van der Waals surface area (Å²) in [6, 6.07) is 10.2. The van der Waals surface area contributed by atoms with Crippen LogP contribution in [0.1, 0.15) is 33.3 Å². The van der Waals surface area contributed by atoms with E-state index in [2.05, 4.69) is 39.8 Å². The van der Waals surface area contributed by atoms with E-state index in [1.54, 1.807) is 0 Å². The fraction of sp³-hybridized carbons (Fsp3) is 0.500. The highest BCUT2D eigenvalue weighted by Gasteiger charge is 2.20. The minimum atomic E-state index is -2.30. The van der Waals surface area contributed by atoms with Gasteiger partial charge in [-0.05, 0) is 52.1 Å². The van der Waals surface area contributed by atoms with Crippen molar-refractivity contribution in [3.63, 3.8) is 0 Å². The van der Waals surface area contributed by atoms with Gasteiger partial charge in [0.1, 0.15) is 0 Å². The monoisotopic (exact) mass is 344 g/mol. The SMILES string of the molecule is CC(C)COP(=S)(OCC(C)C)SC=Cc1ccccc1. The van der Waals surface area contributed by atoms with E-state index in [9.17, 15) is 0 Å². The Kier molecular flexibility index (Phi) is 8.84. The third kappa shape index (κ3) is 8.80. The molecule has 0 aliphatic heterocycles. The molecule has 0 aliphatic carbocycles. The number of hydrogen-bond acceptors (Lipinski definition) is 4. The molecule has 0 N–H and O–H groups in total. The van der Waals surface area contributed by atoms with Crippen LogP contribution in [0.2, 0.25) is 0 Å². The topological polar surface area (TPSA) is 18.5 Å². The van der Waals surface area contributed by atoms with Gasteiger partial charge < -0.3 is 9.05 Å². The summed E-state index contributed by atoms with van der Waals surface area (Å²) in [6.07, 6.45) is 2.04. The molecule has 21 heavy (non-hydrogen) atoms. The Balaban J connectivity index is 2.63. The smallest absolute Gasteiger partial charge is 0.251 e. The Hall–Kier alpha value is -0.120. The predicted octanol–water partition coefficient (Wildman–Crippen LogP) is 5.96. The Bertz CT molecular complexity index is 456. The summed E-state index contributed by atoms with van der Waals surface area (Å²) in [7, 11) is 0. The minimum Gasteiger partial charge on any atom is -0.321 e. The van der Waals surface area contributed by atoms with Crippen LogP contribution in [0.15, 0.2) is 35.7 Å². The zero-order chi connectivity index (χ0) is 15.7. The summed E-state index contributed by atoms with van der Waals surface area (Å²) in [4.78, 5) is 0. The van der Waals surface area contributed by atoms with Crippen molar-refractivity contribution in [1.82, 2.24) is 0 Å². The molecule has 1 aromatic carbocycles. The first-order chi connectivity index (χ1) is 9.91. The lowest BCUT2D eigenvalue weighted by molar-refractivity contribution is 0.219. The van der Waals surface area contributed by atoms with Crippen molar-refractivity contribution < 1.29 is 9.05 Å². The maximum atomic E-state index is 5.89. The van der Waals surface area contributed by atoms with Crippen LogP contribution in [0.5, 0.6) is 0 Å². The maximum absolute atomic E-state index is 5.89. The van der Waals surface area contributed by atoms with E-state index < -0.39 is 5.69 Å². The van der Waals surface area contributed by atoms with Crippen LogP contribution < -0.4 is 0 Å². The summed E-state index contributed by atoms with van der Waals surface area (Å²) in [5.74, 6) is 0.905. The van der Waals surface area contributed by atoms with Gasteiger partial charge in [-0.25, -0.2) is 0 Å². The Morgan fingerprint density at radius 3 is 2.05 bits per heavy atom. The average Bonchev–Trinajstić information content (AvgIpc) is 2.44. The van der Waals surface area contributed by atoms with Crippen LogP contribution in [-0.2, 0) is 20.9 Å². The number of rotatable bonds is 9. The molecular weight excluding hydrogens is 319 g/mol. The molecule has 0 unspecified atom stereocenters. The van der Waals surface area contributed by atoms with E-state index in [1.807, 2.05) is 29.7 Å². The van der Waals surface area contributed by atoms with Crippen LogP contribution in [0, 0.1) is 11.8 Å². The summed E-state index contributed by atoms with van der Waals surface area (Å²) in [5.41, 5.74) is -1.15. The Labute approximate surface area is 138 Å². The second kappa shape index (κ2) is 9.81. The van der Waals surface area contributed by atoms with Gasteiger partial charge in [0, 0.05) is 0 Å². The zero-order valence-corrected chi connectivity index (χ0v) is 15.7. The third-order valence-electron chi connectivity index (χ3n) is 2.38. The van der Waals surface area contributed by atoms with Crippen LogP contribution in [0.3, 0.4) is 0 Å². The standard InChI is InChI=1S/C16H25O2PS2/c1-14(2)12-17-19(20,18-13-15(3)4)21-11-10-16-8-6-5-7-9-16/h5-11,14-15H,12-13H2,1-4H3. The quantitative estimate of drug-likeness (QED) is 0.514. The molecule has 0 saturated carbocycles. The summed E-state index contributed by atoms with van der Waals surface area (Å²) >= 11 is 7.14. The molecule has 5 heteroatoms. The van der Waals surface area contributed by atoms with Crippen LogP contribution in [0.25, 0.3) is 6.08 Å². The van der Waals surface area contributed by atoms with Crippen molar-refractivity contribution in [3.8, 4) is 0 Å². The lowest BCUT2D eigenvalue weighted by atomic mass is 10.2. The fourth-order valence-electron chi connectivity index (χ4n) is 1.33. The molecule has 0 bridgehead atoms. The van der Waals surface area contributed by atoms with Crippen molar-refractivity contribution in [2.75, 3.05) is 13.2 Å². The van der Waals surface area contributed by atoms with E-state index in [0.717, 1.165) is 5.56 Å². The molecule has 2 nitrogen and oxygen atoms in total. The number of benzene rings is 1. The molecule has 1 rings (SSSR count). The van der Waals surface area contributed by atoms with E-state index >= 15 is 0 Å². The van der Waals surface area contributed by atoms with E-state index in [-0.39, 0.29) is 0 Å². The average molecular weight is 344 g/mol. The van der Waals surface area contributed by atoms with Gasteiger partial charge in [-0.3, -0.25) is 0 Å². The van der Waals surface area contributed by atoms with Crippen molar-refractivity contribution in [1.29, 1.82) is 0 Å². The molecule has 0 aromatic heterocycles. The molecule has 0 saturated heterocycles. The zero-order valence-electron chi connectivity index (χ0n) is 13.2. The lowest BCUT2D eigenvalue weighted by Crippen LogP contribution is -2.04. The molecular formula is C16H25O2PS2. The largest absolute Gasteiger partial charge is 0.321 e. The third-order valence-corrected chi connectivity index (χ3v) is 7.01. The van der Waals surface area contributed by atoms with Crippen molar-refractivity contribution in [2.45, 2.75) is 27.7 Å². The van der Waals surface area contributed by atoms with Gasteiger partial charge in [0.05, 0.1) is 13.2 Å². The van der Waals surface area contributed by atoms with Gasteiger partial charge in [-0.15, -0.1) is 0 Å². The first-order valence-corrected chi connectivity index (χ1v) is 11.3. The van der Waals surface area contributed by atoms with E-state index in [0.29, 0.717) is 25.0 Å². The normalized spacial score (nSPS) is 12.7. The Morgan fingerprint density at radius 2 is 1.57 bits per heavy atom. The second-order valence-corrected chi connectivity index (χ2v) is 11.7. The van der Waals surface area contributed by atoms with Gasteiger partial charge in [-0.2, -0.15) is 0 Å². The summed E-state index contributed by atoms with van der Waals surface area (Å²) < 4.78 is 11.8. The number of hydrogen-bond donors (Lipinski definition) is 0. The molecule has 118 valence electrons. The first kappa shape index (κ1) is 18.9. The van der Waals surface area contributed by atoms with Gasteiger partial charge in [0.2, 0.25) is 0 Å². The maximum Gasteiger partial charge on any atom is 0.251 e. The van der Waals surface area contributed by atoms with Crippen molar-refractivity contribution in [2.24, 2.45) is 11.8 Å². The van der Waals surface area contributed by atoms with Crippen molar-refractivity contribution in [3.05, 3.63) is 41.3 Å². The summed E-state index contributed by atoms with van der Waals surface area (Å²) in [6.45, 7) is 9.75. The predicted molar refractivity (Wildman–Crippen MR) is 98.9 cm³/mol. The molecule has 0 radical (unpaired) electrons. The summed E-state index contributed by atoms with van der Waals surface area (Å²) in [5, 5.41) is 2.00. The second-order valence-electron chi connectivity index (χ2n) is 5.65. The first-order valence-electron chi connectivity index (χ1n) is 7.20. The van der Waals surface area contributed by atoms with E-state index in [4.69, 9.17) is 20.9 Å². The van der Waals surface area contributed by atoms with Crippen LogP contribution in [0.4, 0.5) is 0 Å². The highest BCUT2D eigenvalue weighted by atomic mass is 32.9. The Morgan fingerprint density at radius 1 is 1.05 bits per heavy atom. The molecule has 0 fully saturated rings. The lowest BCUT2D eigenvalue weighted by Gasteiger charge is -2.22. The molecule has 0 atom stereocenters. The minimum absolute atomic E-state index is 0.452. The highest BCUT2D eigenvalue weighted by molar-refractivity contribution is 8.69. The van der Waals surface area contributed by atoms with E-state index in [1.165, 1.54) is 11.4 Å². The fourth-order valence-corrected chi connectivity index (χ4v) is 5.02. The molecule has 0 aliphatic rings. The van der Waals surface area contributed by atoms with Crippen LogP contribution >= 0.6 is 17.1 Å². The highest BCUT2D eigenvalue weighted by Crippen LogP contribution is 2.62. The molecule has 1 aromatic rings. The van der Waals surface area contributed by atoms with Gasteiger partial charge in [-0.1, -0.05) is 58.0 Å². The van der Waals surface area contributed by atoms with Gasteiger partial charge in [0.15, 0.2) is 0 Å². The van der Waals surface area contributed by atoms with Gasteiger partial charge >= 0.3 is 0 Å². The van der Waals surface area contributed by atoms with Crippen LogP contribution in [-0.4, -0.2) is 13.2 Å². The molecule has 0 spiro atoms. The van der Waals surface area contributed by atoms with Gasteiger partial charge in [0.25, 0.3) is 5.69 Å². The molecule has 0 amide bonds. The van der Waals surface area contributed by atoms with Crippen molar-refractivity contribution >= 4 is 35.0 Å². The molecule has 0 heterocycles.